The molecule has 1 heterocycles. The molecule has 0 radical (unpaired) electrons. The van der Waals surface area contributed by atoms with Gasteiger partial charge in [0.15, 0.2) is 11.5 Å². The van der Waals surface area contributed by atoms with Gasteiger partial charge in [0, 0.05) is 19.6 Å². The standard InChI is InChI=1S/C14H21NO4/c1-17-13-4-2-3-5-14(13)19-11-12(16)10-15-6-8-18-9-7-15/h2-5,12,16H,6-11H2,1H3. The summed E-state index contributed by atoms with van der Waals surface area (Å²) in [6.45, 7) is 4.08. The van der Waals surface area contributed by atoms with Crippen LogP contribution in [-0.2, 0) is 4.74 Å². The maximum Gasteiger partial charge on any atom is 0.161 e. The number of nitrogens with zero attached hydrogens (tertiary/aromatic N) is 1. The van der Waals surface area contributed by atoms with Crippen LogP contribution < -0.4 is 9.47 Å². The molecule has 5 nitrogen and oxygen atoms in total. The Bertz CT molecular complexity index is 379. The molecule has 106 valence electrons. The van der Waals surface area contributed by atoms with E-state index in [1.54, 1.807) is 7.11 Å². The topological polar surface area (TPSA) is 51.2 Å². The molecule has 0 amide bonds. The van der Waals surface area contributed by atoms with E-state index in [4.69, 9.17) is 14.2 Å². The van der Waals surface area contributed by atoms with Gasteiger partial charge < -0.3 is 19.3 Å². The molecule has 1 aromatic rings. The lowest BCUT2D eigenvalue weighted by Crippen LogP contribution is -2.42. The van der Waals surface area contributed by atoms with Crippen LogP contribution in [0.15, 0.2) is 24.3 Å². The molecule has 1 fully saturated rings. The Labute approximate surface area is 113 Å². The van der Waals surface area contributed by atoms with Crippen LogP contribution in [-0.4, -0.2) is 62.7 Å². The van der Waals surface area contributed by atoms with Crippen molar-refractivity contribution in [2.75, 3.05) is 46.6 Å². The molecule has 0 spiro atoms. The highest BCUT2D eigenvalue weighted by atomic mass is 16.5. The Morgan fingerprint density at radius 1 is 1.26 bits per heavy atom. The van der Waals surface area contributed by atoms with Crippen LogP contribution >= 0.6 is 0 Å². The molecule has 1 N–H and O–H groups in total. The maximum atomic E-state index is 9.98. The molecule has 0 bridgehead atoms. The fraction of sp³-hybridized carbons (Fsp3) is 0.571. The summed E-state index contributed by atoms with van der Waals surface area (Å²) in [5.41, 5.74) is 0. The number of rotatable bonds is 6. The molecule has 0 aliphatic carbocycles. The van der Waals surface area contributed by atoms with Crippen LogP contribution in [0, 0.1) is 0 Å². The molecule has 1 unspecified atom stereocenters. The molecular weight excluding hydrogens is 246 g/mol. The van der Waals surface area contributed by atoms with E-state index in [1.807, 2.05) is 24.3 Å². The van der Waals surface area contributed by atoms with E-state index in [-0.39, 0.29) is 6.61 Å². The third-order valence-electron chi connectivity index (χ3n) is 3.07. The predicted octanol–water partition coefficient (Wildman–Crippen LogP) is 0.767. The van der Waals surface area contributed by atoms with Gasteiger partial charge in [-0.15, -0.1) is 0 Å². The van der Waals surface area contributed by atoms with Crippen molar-refractivity contribution in [3.05, 3.63) is 24.3 Å². The minimum absolute atomic E-state index is 0.262. The number of morpholine rings is 1. The van der Waals surface area contributed by atoms with Crippen molar-refractivity contribution >= 4 is 0 Å². The lowest BCUT2D eigenvalue weighted by Gasteiger charge is -2.28. The van der Waals surface area contributed by atoms with Gasteiger partial charge in [-0.05, 0) is 12.1 Å². The van der Waals surface area contributed by atoms with Gasteiger partial charge in [-0.1, -0.05) is 12.1 Å². The lowest BCUT2D eigenvalue weighted by atomic mass is 10.3. The summed E-state index contributed by atoms with van der Waals surface area (Å²) in [7, 11) is 1.60. The van der Waals surface area contributed by atoms with Gasteiger partial charge in [-0.25, -0.2) is 0 Å². The number of hydrogen-bond donors (Lipinski definition) is 1. The second-order valence-corrected chi connectivity index (χ2v) is 4.53. The first-order valence-corrected chi connectivity index (χ1v) is 6.53. The average Bonchev–Trinajstić information content (AvgIpc) is 2.46. The van der Waals surface area contributed by atoms with Gasteiger partial charge in [0.1, 0.15) is 12.7 Å². The number of aliphatic hydroxyl groups is 1. The van der Waals surface area contributed by atoms with Crippen molar-refractivity contribution in [1.29, 1.82) is 0 Å². The van der Waals surface area contributed by atoms with E-state index in [0.29, 0.717) is 18.0 Å². The number of para-hydroxylation sites is 2. The van der Waals surface area contributed by atoms with Gasteiger partial charge in [-0.2, -0.15) is 0 Å². The van der Waals surface area contributed by atoms with Crippen LogP contribution in [0.5, 0.6) is 11.5 Å². The van der Waals surface area contributed by atoms with Crippen LogP contribution in [0.25, 0.3) is 0 Å². The molecule has 1 aliphatic rings. The molecule has 19 heavy (non-hydrogen) atoms. The molecule has 1 saturated heterocycles. The number of ether oxygens (including phenoxy) is 3. The number of aliphatic hydroxyl groups excluding tert-OH is 1. The van der Waals surface area contributed by atoms with Crippen molar-refractivity contribution in [1.82, 2.24) is 4.90 Å². The molecule has 0 saturated carbocycles. The minimum atomic E-state index is -0.511. The van der Waals surface area contributed by atoms with Crippen molar-refractivity contribution in [3.63, 3.8) is 0 Å². The maximum absolute atomic E-state index is 9.98. The summed E-state index contributed by atoms with van der Waals surface area (Å²) in [5, 5.41) is 9.98. The third-order valence-corrected chi connectivity index (χ3v) is 3.07. The van der Waals surface area contributed by atoms with Gasteiger partial charge in [0.2, 0.25) is 0 Å². The average molecular weight is 267 g/mol. The van der Waals surface area contributed by atoms with Gasteiger partial charge in [0.05, 0.1) is 20.3 Å². The SMILES string of the molecule is COc1ccccc1OCC(O)CN1CCOCC1. The Kier molecular flexibility index (Phi) is 5.44. The summed E-state index contributed by atoms with van der Waals surface area (Å²) in [5.74, 6) is 1.34. The second kappa shape index (κ2) is 7.33. The Balaban J connectivity index is 1.77. The van der Waals surface area contributed by atoms with Crippen molar-refractivity contribution < 1.29 is 19.3 Å². The van der Waals surface area contributed by atoms with E-state index in [0.717, 1.165) is 26.3 Å². The van der Waals surface area contributed by atoms with Crippen LogP contribution in [0.1, 0.15) is 0 Å². The van der Waals surface area contributed by atoms with Crippen LogP contribution in [0.3, 0.4) is 0 Å². The highest BCUT2D eigenvalue weighted by Crippen LogP contribution is 2.25. The first-order chi connectivity index (χ1) is 9.29. The first-order valence-electron chi connectivity index (χ1n) is 6.53. The Morgan fingerprint density at radius 2 is 1.95 bits per heavy atom. The number of benzene rings is 1. The molecule has 1 aromatic carbocycles. The van der Waals surface area contributed by atoms with Gasteiger partial charge in [-0.3, -0.25) is 4.90 Å². The molecular formula is C14H21NO4. The van der Waals surface area contributed by atoms with Crippen molar-refractivity contribution in [2.45, 2.75) is 6.10 Å². The molecule has 1 atom stereocenters. The molecule has 2 rings (SSSR count). The fourth-order valence-electron chi connectivity index (χ4n) is 2.06. The molecule has 1 aliphatic heterocycles. The van der Waals surface area contributed by atoms with Crippen molar-refractivity contribution in [3.8, 4) is 11.5 Å². The Morgan fingerprint density at radius 3 is 2.63 bits per heavy atom. The van der Waals surface area contributed by atoms with E-state index in [2.05, 4.69) is 4.90 Å². The van der Waals surface area contributed by atoms with Crippen molar-refractivity contribution in [2.24, 2.45) is 0 Å². The zero-order valence-electron chi connectivity index (χ0n) is 11.2. The Hall–Kier alpha value is -1.30. The lowest BCUT2D eigenvalue weighted by molar-refractivity contribution is 0.00445. The number of β-amino-alcohol motifs (C(OH)–C–C–N with tert-alkyl or cyclic N) is 1. The highest BCUT2D eigenvalue weighted by molar-refractivity contribution is 5.39. The van der Waals surface area contributed by atoms with Crippen LogP contribution in [0.4, 0.5) is 0 Å². The zero-order valence-corrected chi connectivity index (χ0v) is 11.2. The third kappa shape index (κ3) is 4.38. The predicted molar refractivity (Wildman–Crippen MR) is 71.8 cm³/mol. The number of hydrogen-bond acceptors (Lipinski definition) is 5. The normalized spacial score (nSPS) is 18.0. The van der Waals surface area contributed by atoms with Gasteiger partial charge >= 0.3 is 0 Å². The van der Waals surface area contributed by atoms with E-state index in [9.17, 15) is 5.11 Å². The van der Waals surface area contributed by atoms with Gasteiger partial charge in [0.25, 0.3) is 0 Å². The van der Waals surface area contributed by atoms with E-state index >= 15 is 0 Å². The first kappa shape index (κ1) is 14.1. The summed E-state index contributed by atoms with van der Waals surface area (Å²) < 4.78 is 16.1. The largest absolute Gasteiger partial charge is 0.493 e. The fourth-order valence-corrected chi connectivity index (χ4v) is 2.06. The zero-order chi connectivity index (χ0) is 13.5. The minimum Gasteiger partial charge on any atom is -0.493 e. The smallest absolute Gasteiger partial charge is 0.161 e. The summed E-state index contributed by atoms with van der Waals surface area (Å²) in [6, 6.07) is 7.44. The summed E-state index contributed by atoms with van der Waals surface area (Å²) >= 11 is 0. The van der Waals surface area contributed by atoms with E-state index < -0.39 is 6.10 Å². The highest BCUT2D eigenvalue weighted by Gasteiger charge is 2.15. The quantitative estimate of drug-likeness (QED) is 0.825. The monoisotopic (exact) mass is 267 g/mol. The summed E-state index contributed by atoms with van der Waals surface area (Å²) in [4.78, 5) is 2.18. The second-order valence-electron chi connectivity index (χ2n) is 4.53. The molecule has 0 aromatic heterocycles. The number of methoxy groups -OCH3 is 1. The summed E-state index contributed by atoms with van der Waals surface area (Å²) in [6.07, 6.45) is -0.511. The van der Waals surface area contributed by atoms with E-state index in [1.165, 1.54) is 0 Å². The van der Waals surface area contributed by atoms with Crippen LogP contribution in [0.2, 0.25) is 0 Å². The molecule has 5 heteroatoms.